The first-order valence-electron chi connectivity index (χ1n) is 6.88. The standard InChI is InChI=1S/C16H24N2O2/c1-16(2,12-17)8-5-9-20-15-10-14(19-4)7-6-13(15)11-18-3/h6-7,10,18H,5,8-9,11H2,1-4H3. The molecule has 110 valence electrons. The molecule has 4 nitrogen and oxygen atoms in total. The van der Waals surface area contributed by atoms with Crippen molar-refractivity contribution in [3.05, 3.63) is 23.8 Å². The molecule has 0 aliphatic carbocycles. The summed E-state index contributed by atoms with van der Waals surface area (Å²) in [5, 5.41) is 12.1. The van der Waals surface area contributed by atoms with E-state index < -0.39 is 0 Å². The van der Waals surface area contributed by atoms with Gasteiger partial charge in [-0.3, -0.25) is 0 Å². The quantitative estimate of drug-likeness (QED) is 0.741. The number of benzene rings is 1. The molecule has 0 amide bonds. The fraction of sp³-hybridized carbons (Fsp3) is 0.562. The lowest BCUT2D eigenvalue weighted by atomic mass is 9.90. The molecule has 1 aromatic rings. The number of nitriles is 1. The van der Waals surface area contributed by atoms with E-state index in [2.05, 4.69) is 11.4 Å². The summed E-state index contributed by atoms with van der Waals surface area (Å²) in [5.41, 5.74) is 0.818. The Balaban J connectivity index is 2.59. The fourth-order valence-electron chi connectivity index (χ4n) is 1.88. The molecule has 0 aliphatic rings. The van der Waals surface area contributed by atoms with Crippen LogP contribution in [-0.4, -0.2) is 20.8 Å². The molecular weight excluding hydrogens is 252 g/mol. The minimum Gasteiger partial charge on any atom is -0.497 e. The minimum atomic E-state index is -0.286. The van der Waals surface area contributed by atoms with Crippen LogP contribution in [-0.2, 0) is 6.54 Å². The maximum Gasteiger partial charge on any atom is 0.127 e. The van der Waals surface area contributed by atoms with E-state index in [0.717, 1.165) is 36.4 Å². The highest BCUT2D eigenvalue weighted by Crippen LogP contribution is 2.26. The summed E-state index contributed by atoms with van der Waals surface area (Å²) in [6.07, 6.45) is 1.69. The Bertz CT molecular complexity index is 464. The summed E-state index contributed by atoms with van der Waals surface area (Å²) in [5.74, 6) is 1.63. The Morgan fingerprint density at radius 2 is 2.10 bits per heavy atom. The third-order valence-electron chi connectivity index (χ3n) is 3.15. The first-order chi connectivity index (χ1) is 9.52. The Morgan fingerprint density at radius 1 is 1.35 bits per heavy atom. The molecule has 0 unspecified atom stereocenters. The fourth-order valence-corrected chi connectivity index (χ4v) is 1.88. The first-order valence-corrected chi connectivity index (χ1v) is 6.88. The lowest BCUT2D eigenvalue weighted by molar-refractivity contribution is 0.280. The van der Waals surface area contributed by atoms with Crippen molar-refractivity contribution in [3.8, 4) is 17.6 Å². The van der Waals surface area contributed by atoms with Crippen LogP contribution in [0.4, 0.5) is 0 Å². The van der Waals surface area contributed by atoms with Gasteiger partial charge in [0.2, 0.25) is 0 Å². The van der Waals surface area contributed by atoms with Crippen LogP contribution >= 0.6 is 0 Å². The lowest BCUT2D eigenvalue weighted by Crippen LogP contribution is -2.11. The third kappa shape index (κ3) is 5.10. The van der Waals surface area contributed by atoms with Gasteiger partial charge in [-0.25, -0.2) is 0 Å². The Kier molecular flexibility index (Phi) is 6.33. The smallest absolute Gasteiger partial charge is 0.127 e. The molecule has 0 saturated carbocycles. The highest BCUT2D eigenvalue weighted by Gasteiger charge is 2.16. The van der Waals surface area contributed by atoms with E-state index in [9.17, 15) is 0 Å². The van der Waals surface area contributed by atoms with E-state index in [4.69, 9.17) is 14.7 Å². The van der Waals surface area contributed by atoms with E-state index in [1.165, 1.54) is 0 Å². The summed E-state index contributed by atoms with van der Waals surface area (Å²) < 4.78 is 11.1. The van der Waals surface area contributed by atoms with E-state index in [1.807, 2.05) is 39.1 Å². The van der Waals surface area contributed by atoms with E-state index in [-0.39, 0.29) is 5.41 Å². The molecular formula is C16H24N2O2. The molecule has 1 aromatic carbocycles. The van der Waals surface area contributed by atoms with Gasteiger partial charge in [0, 0.05) is 18.2 Å². The van der Waals surface area contributed by atoms with Gasteiger partial charge < -0.3 is 14.8 Å². The first kappa shape index (κ1) is 16.3. The minimum absolute atomic E-state index is 0.286. The molecule has 0 bridgehead atoms. The highest BCUT2D eigenvalue weighted by molar-refractivity contribution is 5.40. The number of nitrogens with zero attached hydrogens (tertiary/aromatic N) is 1. The van der Waals surface area contributed by atoms with Crippen LogP contribution < -0.4 is 14.8 Å². The second-order valence-corrected chi connectivity index (χ2v) is 5.45. The van der Waals surface area contributed by atoms with Crippen LogP contribution in [0.5, 0.6) is 11.5 Å². The molecule has 20 heavy (non-hydrogen) atoms. The molecule has 0 aliphatic heterocycles. The Hall–Kier alpha value is -1.73. The summed E-state index contributed by atoms with van der Waals surface area (Å²) in [6.45, 7) is 5.26. The van der Waals surface area contributed by atoms with Crippen LogP contribution in [0.25, 0.3) is 0 Å². The largest absolute Gasteiger partial charge is 0.497 e. The Labute approximate surface area is 121 Å². The van der Waals surface area contributed by atoms with Crippen molar-refractivity contribution in [2.75, 3.05) is 20.8 Å². The van der Waals surface area contributed by atoms with Crippen molar-refractivity contribution in [3.63, 3.8) is 0 Å². The third-order valence-corrected chi connectivity index (χ3v) is 3.15. The van der Waals surface area contributed by atoms with Crippen molar-refractivity contribution in [1.29, 1.82) is 5.26 Å². The van der Waals surface area contributed by atoms with Crippen LogP contribution in [0.3, 0.4) is 0 Å². The molecule has 0 aromatic heterocycles. The maximum atomic E-state index is 8.98. The van der Waals surface area contributed by atoms with Gasteiger partial charge in [0.25, 0.3) is 0 Å². The number of hydrogen-bond donors (Lipinski definition) is 1. The number of hydrogen-bond acceptors (Lipinski definition) is 4. The topological polar surface area (TPSA) is 54.3 Å². The predicted molar refractivity (Wildman–Crippen MR) is 79.9 cm³/mol. The average Bonchev–Trinajstić information content (AvgIpc) is 2.45. The zero-order valence-corrected chi connectivity index (χ0v) is 12.8. The summed E-state index contributed by atoms with van der Waals surface area (Å²) in [6, 6.07) is 8.14. The summed E-state index contributed by atoms with van der Waals surface area (Å²) in [7, 11) is 3.55. The molecule has 0 fully saturated rings. The SMILES string of the molecule is CNCc1ccc(OC)cc1OCCCC(C)(C)C#N. The van der Waals surface area contributed by atoms with Gasteiger partial charge in [-0.1, -0.05) is 6.07 Å². The predicted octanol–water partition coefficient (Wildman–Crippen LogP) is 3.12. The van der Waals surface area contributed by atoms with Crippen molar-refractivity contribution >= 4 is 0 Å². The van der Waals surface area contributed by atoms with Gasteiger partial charge in [0.05, 0.1) is 25.2 Å². The van der Waals surface area contributed by atoms with Crippen molar-refractivity contribution in [1.82, 2.24) is 5.32 Å². The van der Waals surface area contributed by atoms with Crippen molar-refractivity contribution in [2.24, 2.45) is 5.41 Å². The molecule has 1 rings (SSSR count). The van der Waals surface area contributed by atoms with Gasteiger partial charge in [-0.05, 0) is 39.8 Å². The zero-order valence-electron chi connectivity index (χ0n) is 12.8. The zero-order chi connectivity index (χ0) is 15.0. The lowest BCUT2D eigenvalue weighted by Gasteiger charge is -2.16. The Morgan fingerprint density at radius 3 is 2.70 bits per heavy atom. The number of nitrogens with one attached hydrogen (secondary N) is 1. The number of ether oxygens (including phenoxy) is 2. The van der Waals surface area contributed by atoms with Crippen molar-refractivity contribution in [2.45, 2.75) is 33.2 Å². The van der Waals surface area contributed by atoms with Crippen LogP contribution in [0, 0.1) is 16.7 Å². The van der Waals surface area contributed by atoms with Gasteiger partial charge in [-0.15, -0.1) is 0 Å². The van der Waals surface area contributed by atoms with E-state index >= 15 is 0 Å². The number of methoxy groups -OCH3 is 1. The molecule has 0 atom stereocenters. The van der Waals surface area contributed by atoms with Gasteiger partial charge in [0.1, 0.15) is 11.5 Å². The van der Waals surface area contributed by atoms with Gasteiger partial charge >= 0.3 is 0 Å². The maximum absolute atomic E-state index is 8.98. The molecule has 1 N–H and O–H groups in total. The van der Waals surface area contributed by atoms with Gasteiger partial charge in [-0.2, -0.15) is 5.26 Å². The molecule has 4 heteroatoms. The molecule has 0 radical (unpaired) electrons. The van der Waals surface area contributed by atoms with E-state index in [0.29, 0.717) is 6.61 Å². The number of rotatable bonds is 8. The molecule has 0 heterocycles. The van der Waals surface area contributed by atoms with Crippen LogP contribution in [0.1, 0.15) is 32.3 Å². The molecule has 0 spiro atoms. The van der Waals surface area contributed by atoms with E-state index in [1.54, 1.807) is 7.11 Å². The second kappa shape index (κ2) is 7.76. The van der Waals surface area contributed by atoms with Crippen LogP contribution in [0.2, 0.25) is 0 Å². The highest BCUT2D eigenvalue weighted by atomic mass is 16.5. The molecule has 0 saturated heterocycles. The van der Waals surface area contributed by atoms with Crippen LogP contribution in [0.15, 0.2) is 18.2 Å². The monoisotopic (exact) mass is 276 g/mol. The summed E-state index contributed by atoms with van der Waals surface area (Å²) in [4.78, 5) is 0. The summed E-state index contributed by atoms with van der Waals surface area (Å²) >= 11 is 0. The second-order valence-electron chi connectivity index (χ2n) is 5.45. The average molecular weight is 276 g/mol. The van der Waals surface area contributed by atoms with Crippen molar-refractivity contribution < 1.29 is 9.47 Å². The normalized spacial score (nSPS) is 10.9. The van der Waals surface area contributed by atoms with Gasteiger partial charge in [0.15, 0.2) is 0 Å².